The average Bonchev–Trinajstić information content (AvgIpc) is 2.44. The van der Waals surface area contributed by atoms with Crippen LogP contribution in [-0.2, 0) is 0 Å². The summed E-state index contributed by atoms with van der Waals surface area (Å²) < 4.78 is 0. The number of carbonyl (C=O) groups excluding carboxylic acids is 1. The molecule has 1 amide bonds. The lowest BCUT2D eigenvalue weighted by Crippen LogP contribution is -2.30. The molecule has 0 bridgehead atoms. The van der Waals surface area contributed by atoms with Gasteiger partial charge < -0.3 is 10.2 Å². The monoisotopic (exact) mass is 273 g/mol. The van der Waals surface area contributed by atoms with Gasteiger partial charge in [-0.05, 0) is 44.0 Å². The van der Waals surface area contributed by atoms with Crippen molar-refractivity contribution in [3.63, 3.8) is 0 Å². The molecule has 1 unspecified atom stereocenters. The van der Waals surface area contributed by atoms with Crippen LogP contribution in [0.4, 0.5) is 5.69 Å². The summed E-state index contributed by atoms with van der Waals surface area (Å²) in [7, 11) is 1.73. The molecule has 4 nitrogen and oxygen atoms in total. The summed E-state index contributed by atoms with van der Waals surface area (Å²) in [5.41, 5.74) is 2.79. The van der Waals surface area contributed by atoms with Gasteiger partial charge in [0.15, 0.2) is 0 Å². The zero-order chi connectivity index (χ0) is 15.1. The predicted octanol–water partition coefficient (Wildman–Crippen LogP) is 3.05. The zero-order valence-corrected chi connectivity index (χ0v) is 12.7. The van der Waals surface area contributed by atoms with Crippen LogP contribution in [0, 0.1) is 24.2 Å². The molecule has 1 atom stereocenters. The van der Waals surface area contributed by atoms with Crippen molar-refractivity contribution >= 4 is 11.6 Å². The Bertz CT molecular complexity index is 505. The van der Waals surface area contributed by atoms with Gasteiger partial charge in [0.2, 0.25) is 0 Å². The van der Waals surface area contributed by atoms with E-state index in [-0.39, 0.29) is 11.8 Å². The first kappa shape index (κ1) is 16.0. The summed E-state index contributed by atoms with van der Waals surface area (Å²) in [6, 6.07) is 7.82. The first-order valence-corrected chi connectivity index (χ1v) is 6.99. The molecular weight excluding hydrogens is 250 g/mol. The van der Waals surface area contributed by atoms with E-state index in [0.717, 1.165) is 24.2 Å². The number of rotatable bonds is 6. The molecule has 0 fully saturated rings. The minimum absolute atomic E-state index is 0.0442. The van der Waals surface area contributed by atoms with Crippen LogP contribution in [0.2, 0.25) is 0 Å². The average molecular weight is 273 g/mol. The molecule has 0 saturated carbocycles. The highest BCUT2D eigenvalue weighted by atomic mass is 16.2. The van der Waals surface area contributed by atoms with Gasteiger partial charge in [0, 0.05) is 31.4 Å². The number of amides is 1. The summed E-state index contributed by atoms with van der Waals surface area (Å²) in [5, 5.41) is 12.1. The third-order valence-electron chi connectivity index (χ3n) is 3.15. The molecule has 0 radical (unpaired) electrons. The summed E-state index contributed by atoms with van der Waals surface area (Å²) in [5.74, 6) is -0.201. The van der Waals surface area contributed by atoms with Crippen LogP contribution in [0.15, 0.2) is 18.2 Å². The number of aryl methyl sites for hydroxylation is 1. The Labute approximate surface area is 121 Å². The molecule has 0 saturated heterocycles. The molecule has 20 heavy (non-hydrogen) atoms. The molecule has 0 aliphatic heterocycles. The fourth-order valence-corrected chi connectivity index (χ4v) is 2.01. The summed E-state index contributed by atoms with van der Waals surface area (Å²) in [4.78, 5) is 13.9. The maximum atomic E-state index is 12.3. The minimum Gasteiger partial charge on any atom is -0.385 e. The van der Waals surface area contributed by atoms with E-state index in [1.165, 1.54) is 0 Å². The summed E-state index contributed by atoms with van der Waals surface area (Å²) >= 11 is 0. The predicted molar refractivity (Wildman–Crippen MR) is 81.7 cm³/mol. The lowest BCUT2D eigenvalue weighted by Gasteiger charge is -2.19. The van der Waals surface area contributed by atoms with E-state index in [1.54, 1.807) is 11.9 Å². The number of nitriles is 1. The van der Waals surface area contributed by atoms with Crippen molar-refractivity contribution in [1.29, 1.82) is 5.26 Å². The number of nitrogens with one attached hydrogen (secondary N) is 1. The third kappa shape index (κ3) is 4.27. The van der Waals surface area contributed by atoms with Gasteiger partial charge in [-0.25, -0.2) is 0 Å². The Kier molecular flexibility index (Phi) is 6.05. The largest absolute Gasteiger partial charge is 0.385 e. The van der Waals surface area contributed by atoms with Crippen molar-refractivity contribution in [2.24, 2.45) is 5.92 Å². The molecule has 1 N–H and O–H groups in total. The number of carbonyl (C=O) groups is 1. The van der Waals surface area contributed by atoms with Gasteiger partial charge in [-0.1, -0.05) is 6.92 Å². The van der Waals surface area contributed by atoms with Gasteiger partial charge in [-0.2, -0.15) is 5.26 Å². The second kappa shape index (κ2) is 7.54. The highest BCUT2D eigenvalue weighted by Gasteiger charge is 2.15. The van der Waals surface area contributed by atoms with Gasteiger partial charge in [-0.15, -0.1) is 0 Å². The van der Waals surface area contributed by atoms with Crippen molar-refractivity contribution in [1.82, 2.24) is 4.90 Å². The molecule has 1 aromatic rings. The third-order valence-corrected chi connectivity index (χ3v) is 3.15. The number of nitrogens with zero attached hydrogens (tertiary/aromatic N) is 2. The van der Waals surface area contributed by atoms with Crippen LogP contribution >= 0.6 is 0 Å². The van der Waals surface area contributed by atoms with Crippen molar-refractivity contribution in [2.45, 2.75) is 27.2 Å². The number of anilines is 1. The maximum Gasteiger partial charge on any atom is 0.253 e. The van der Waals surface area contributed by atoms with E-state index in [0.29, 0.717) is 12.1 Å². The molecular formula is C16H23N3O. The van der Waals surface area contributed by atoms with E-state index in [1.807, 2.05) is 32.0 Å². The van der Waals surface area contributed by atoms with Crippen molar-refractivity contribution in [3.8, 4) is 6.07 Å². The summed E-state index contributed by atoms with van der Waals surface area (Å²) in [6.07, 6.45) is 1.06. The molecule has 1 aromatic carbocycles. The van der Waals surface area contributed by atoms with Gasteiger partial charge in [0.25, 0.3) is 5.91 Å². The lowest BCUT2D eigenvalue weighted by molar-refractivity contribution is 0.0785. The number of hydrogen-bond acceptors (Lipinski definition) is 3. The van der Waals surface area contributed by atoms with E-state index >= 15 is 0 Å². The van der Waals surface area contributed by atoms with Crippen LogP contribution in [-0.4, -0.2) is 30.9 Å². The Morgan fingerprint density at radius 2 is 2.20 bits per heavy atom. The van der Waals surface area contributed by atoms with Gasteiger partial charge in [-0.3, -0.25) is 4.79 Å². The molecule has 108 valence electrons. The van der Waals surface area contributed by atoms with E-state index in [2.05, 4.69) is 18.3 Å². The first-order chi connectivity index (χ1) is 9.49. The molecule has 4 heteroatoms. The zero-order valence-electron chi connectivity index (χ0n) is 12.7. The standard InChI is InChI=1S/C16H23N3O/c1-5-8-18-15-7-6-14(9-13(15)3)16(20)19(4)11-12(2)10-17/h6-7,9,12,18H,5,8,11H2,1-4H3. The van der Waals surface area contributed by atoms with Gasteiger partial charge in [0.1, 0.15) is 0 Å². The Hall–Kier alpha value is -2.02. The molecule has 0 aliphatic carbocycles. The highest BCUT2D eigenvalue weighted by Crippen LogP contribution is 2.17. The second-order valence-electron chi connectivity index (χ2n) is 5.17. The van der Waals surface area contributed by atoms with Crippen molar-refractivity contribution in [2.75, 3.05) is 25.5 Å². The molecule has 0 heterocycles. The summed E-state index contributed by atoms with van der Waals surface area (Å²) in [6.45, 7) is 7.29. The minimum atomic E-state index is -0.157. The smallest absolute Gasteiger partial charge is 0.253 e. The normalized spacial score (nSPS) is 11.6. The fourth-order valence-electron chi connectivity index (χ4n) is 2.01. The quantitative estimate of drug-likeness (QED) is 0.866. The molecule has 0 aromatic heterocycles. The number of benzene rings is 1. The molecule has 1 rings (SSSR count). The van der Waals surface area contributed by atoms with Crippen LogP contribution in [0.5, 0.6) is 0 Å². The van der Waals surface area contributed by atoms with Crippen LogP contribution < -0.4 is 5.32 Å². The Morgan fingerprint density at radius 1 is 1.50 bits per heavy atom. The fraction of sp³-hybridized carbons (Fsp3) is 0.500. The van der Waals surface area contributed by atoms with Crippen molar-refractivity contribution < 1.29 is 4.79 Å². The van der Waals surface area contributed by atoms with E-state index < -0.39 is 0 Å². The Morgan fingerprint density at radius 3 is 2.75 bits per heavy atom. The second-order valence-corrected chi connectivity index (χ2v) is 5.17. The SMILES string of the molecule is CCCNc1ccc(C(=O)N(C)CC(C)C#N)cc1C. The highest BCUT2D eigenvalue weighted by molar-refractivity contribution is 5.94. The Balaban J connectivity index is 2.79. The molecule has 0 spiro atoms. The van der Waals surface area contributed by atoms with E-state index in [9.17, 15) is 4.79 Å². The van der Waals surface area contributed by atoms with Gasteiger partial charge in [0.05, 0.1) is 12.0 Å². The van der Waals surface area contributed by atoms with Gasteiger partial charge >= 0.3 is 0 Å². The topological polar surface area (TPSA) is 56.1 Å². The molecule has 0 aliphatic rings. The maximum absolute atomic E-state index is 12.3. The van der Waals surface area contributed by atoms with Crippen LogP contribution in [0.3, 0.4) is 0 Å². The van der Waals surface area contributed by atoms with Crippen LogP contribution in [0.1, 0.15) is 36.2 Å². The van der Waals surface area contributed by atoms with Crippen LogP contribution in [0.25, 0.3) is 0 Å². The van der Waals surface area contributed by atoms with E-state index in [4.69, 9.17) is 5.26 Å². The number of hydrogen-bond donors (Lipinski definition) is 1. The first-order valence-electron chi connectivity index (χ1n) is 6.99. The van der Waals surface area contributed by atoms with Crippen molar-refractivity contribution in [3.05, 3.63) is 29.3 Å². The lowest BCUT2D eigenvalue weighted by atomic mass is 10.1.